The van der Waals surface area contributed by atoms with Gasteiger partial charge in [-0.25, -0.2) is 0 Å². The number of likely N-dealkylation sites (tertiary alicyclic amines) is 1. The molecule has 9 rings (SSSR count). The molecular weight excluding hydrogens is 682 g/mol. The Kier molecular flexibility index (Phi) is 10.4. The summed E-state index contributed by atoms with van der Waals surface area (Å²) in [6.45, 7) is 3.98. The molecule has 0 aromatic heterocycles. The second-order valence-corrected chi connectivity index (χ2v) is 15.2. The van der Waals surface area contributed by atoms with E-state index in [9.17, 15) is 5.11 Å². The maximum Gasteiger partial charge on any atom is 0.204 e. The molecule has 0 saturated carbocycles. The molecule has 1 fully saturated rings. The number of benzene rings is 4. The van der Waals surface area contributed by atoms with Gasteiger partial charge in [0.15, 0.2) is 34.5 Å². The molecule has 1 saturated heterocycles. The Labute approximate surface area is 319 Å². The van der Waals surface area contributed by atoms with Crippen LogP contribution >= 0.6 is 0 Å². The van der Waals surface area contributed by atoms with Crippen molar-refractivity contribution in [1.29, 1.82) is 0 Å². The van der Waals surface area contributed by atoms with E-state index < -0.39 is 0 Å². The number of fused-ring (bicyclic) bond motifs is 2. The molecule has 5 aliphatic heterocycles. The summed E-state index contributed by atoms with van der Waals surface area (Å²) in [7, 11) is 11.2. The fourth-order valence-electron chi connectivity index (χ4n) is 9.07. The standard InChI is InChI=1S/C44H53N3O7/c1-45-18-15-29-23-38(50-4)40-24-33(29)35(45)20-27-9-12-31(13-10-27)53-39-22-28(11-14-37(39)49-3)21-36-41-32(16-19-46(36)2)34(26-47-17-7-8-30(48)25-47)42(51-5)44(52-6)43(41)54-40/h9-14,22-24,30,35-36,48H,7-8,15-21,25-26H2,1-6H3/t30?,35-,36-/m0/s1. The molecule has 0 amide bonds. The van der Waals surface area contributed by atoms with Crippen LogP contribution in [-0.2, 0) is 32.2 Å². The summed E-state index contributed by atoms with van der Waals surface area (Å²) in [5.74, 6) is 5.33. The minimum atomic E-state index is -0.340. The Morgan fingerprint density at radius 1 is 0.722 bits per heavy atom. The predicted molar refractivity (Wildman–Crippen MR) is 208 cm³/mol. The first-order valence-corrected chi connectivity index (χ1v) is 19.2. The number of piperidine rings is 1. The number of hydrogen-bond donors (Lipinski definition) is 1. The first-order valence-electron chi connectivity index (χ1n) is 19.2. The van der Waals surface area contributed by atoms with Gasteiger partial charge < -0.3 is 33.5 Å². The van der Waals surface area contributed by atoms with E-state index in [4.69, 9.17) is 28.4 Å². The first-order chi connectivity index (χ1) is 26.3. The van der Waals surface area contributed by atoms with Crippen molar-refractivity contribution in [2.75, 3.05) is 68.7 Å². The highest BCUT2D eigenvalue weighted by molar-refractivity contribution is 5.67. The Morgan fingerprint density at radius 2 is 1.43 bits per heavy atom. The lowest BCUT2D eigenvalue weighted by atomic mass is 9.84. The fraction of sp³-hybridized carbons (Fsp3) is 0.455. The number of ether oxygens (including phenoxy) is 6. The lowest BCUT2D eigenvalue weighted by Crippen LogP contribution is -2.39. The van der Waals surface area contributed by atoms with Gasteiger partial charge >= 0.3 is 0 Å². The van der Waals surface area contributed by atoms with Crippen LogP contribution in [0.1, 0.15) is 63.9 Å². The number of methoxy groups -OCH3 is 4. The molecule has 0 spiro atoms. The third-order valence-corrected chi connectivity index (χ3v) is 12.0. The maximum atomic E-state index is 10.6. The summed E-state index contributed by atoms with van der Waals surface area (Å²) >= 11 is 0. The van der Waals surface area contributed by atoms with Crippen LogP contribution in [0.15, 0.2) is 54.6 Å². The lowest BCUT2D eigenvalue weighted by Gasteiger charge is -2.39. The van der Waals surface area contributed by atoms with Gasteiger partial charge in [-0.1, -0.05) is 18.2 Å². The highest BCUT2D eigenvalue weighted by atomic mass is 16.5. The topological polar surface area (TPSA) is 85.3 Å². The lowest BCUT2D eigenvalue weighted by molar-refractivity contribution is 0.0660. The highest BCUT2D eigenvalue weighted by Gasteiger charge is 2.38. The molecule has 10 heteroatoms. The number of nitrogens with zero attached hydrogens (tertiary/aromatic N) is 3. The second-order valence-electron chi connectivity index (χ2n) is 15.2. The van der Waals surface area contributed by atoms with E-state index in [0.29, 0.717) is 59.8 Å². The van der Waals surface area contributed by atoms with Crippen LogP contribution < -0.4 is 28.4 Å². The zero-order valence-corrected chi connectivity index (χ0v) is 32.4. The van der Waals surface area contributed by atoms with Gasteiger partial charge in [0, 0.05) is 49.4 Å². The van der Waals surface area contributed by atoms with Crippen LogP contribution in [0.5, 0.6) is 46.0 Å². The van der Waals surface area contributed by atoms with E-state index in [1.54, 1.807) is 28.4 Å². The molecular formula is C44H53N3O7. The van der Waals surface area contributed by atoms with E-state index in [0.717, 1.165) is 74.2 Å². The van der Waals surface area contributed by atoms with Crippen molar-refractivity contribution in [2.24, 2.45) is 0 Å². The Hall–Kier alpha value is -4.48. The number of aliphatic hydroxyl groups excluding tert-OH is 1. The second kappa shape index (κ2) is 15.3. The SMILES string of the molecule is COc1ccc2cc1Oc1ccc(cc1)C[C@H]1c3cc(c(OC)cc3CCN1C)Oc1c(OC)c(OC)c(CN3CCCC(O)C3)c3c1[C@H](C2)N(C)CC3. The van der Waals surface area contributed by atoms with Crippen LogP contribution in [0.2, 0.25) is 0 Å². The molecule has 4 aromatic rings. The van der Waals surface area contributed by atoms with E-state index >= 15 is 0 Å². The molecule has 10 nitrogen and oxygen atoms in total. The van der Waals surface area contributed by atoms with E-state index in [1.165, 1.54) is 22.3 Å². The molecule has 286 valence electrons. The largest absolute Gasteiger partial charge is 0.493 e. The Morgan fingerprint density at radius 3 is 2.17 bits per heavy atom. The molecule has 54 heavy (non-hydrogen) atoms. The van der Waals surface area contributed by atoms with Crippen LogP contribution in [-0.4, -0.2) is 94.6 Å². The minimum Gasteiger partial charge on any atom is -0.493 e. The zero-order valence-electron chi connectivity index (χ0n) is 32.4. The molecule has 0 radical (unpaired) electrons. The van der Waals surface area contributed by atoms with Crippen molar-refractivity contribution in [3.8, 4) is 46.0 Å². The normalized spacial score (nSPS) is 21.6. The number of likely N-dealkylation sites (N-methyl/N-ethyl adjacent to an activating group) is 2. The van der Waals surface area contributed by atoms with Crippen LogP contribution in [0.3, 0.4) is 0 Å². The molecule has 5 heterocycles. The van der Waals surface area contributed by atoms with Crippen molar-refractivity contribution in [3.05, 3.63) is 93.5 Å². The van der Waals surface area contributed by atoms with Crippen LogP contribution in [0, 0.1) is 0 Å². The molecule has 1 N–H and O–H groups in total. The molecule has 0 aliphatic carbocycles. The number of rotatable bonds is 6. The fourth-order valence-corrected chi connectivity index (χ4v) is 9.07. The maximum absolute atomic E-state index is 10.6. The minimum absolute atomic E-state index is 0.0730. The summed E-state index contributed by atoms with van der Waals surface area (Å²) in [5.41, 5.74) is 8.20. The average Bonchev–Trinajstić information content (AvgIpc) is 3.17. The van der Waals surface area contributed by atoms with Gasteiger partial charge in [-0.3, -0.25) is 14.7 Å². The van der Waals surface area contributed by atoms with Gasteiger partial charge in [0.2, 0.25) is 5.75 Å². The average molecular weight is 736 g/mol. The molecule has 6 bridgehead atoms. The van der Waals surface area contributed by atoms with Gasteiger partial charge in [-0.05, 0) is 123 Å². The van der Waals surface area contributed by atoms with Gasteiger partial charge in [0.05, 0.1) is 34.5 Å². The van der Waals surface area contributed by atoms with Crippen molar-refractivity contribution < 1.29 is 33.5 Å². The molecule has 1 unspecified atom stereocenters. The number of aliphatic hydroxyl groups is 1. The summed E-state index contributed by atoms with van der Waals surface area (Å²) in [5, 5.41) is 10.6. The Balaban J connectivity index is 1.37. The summed E-state index contributed by atoms with van der Waals surface area (Å²) in [6.07, 6.45) is 4.68. The van der Waals surface area contributed by atoms with Gasteiger partial charge in [-0.15, -0.1) is 0 Å². The Bertz CT molecular complexity index is 2000. The molecule has 4 aromatic carbocycles. The summed E-state index contributed by atoms with van der Waals surface area (Å²) in [6, 6.07) is 19.0. The summed E-state index contributed by atoms with van der Waals surface area (Å²) in [4.78, 5) is 7.18. The van der Waals surface area contributed by atoms with Gasteiger partial charge in [0.25, 0.3) is 0 Å². The molecule has 5 aliphatic rings. The first kappa shape index (κ1) is 36.5. The van der Waals surface area contributed by atoms with E-state index in [-0.39, 0.29) is 18.2 Å². The smallest absolute Gasteiger partial charge is 0.204 e. The number of β-amino-alcohol motifs (C(OH)–C–C–N with tert-alkyl or cyclic N) is 1. The highest BCUT2D eigenvalue weighted by Crippen LogP contribution is 2.54. The van der Waals surface area contributed by atoms with E-state index in [2.05, 4.69) is 77.3 Å². The quantitative estimate of drug-likeness (QED) is 0.221. The van der Waals surface area contributed by atoms with Crippen molar-refractivity contribution >= 4 is 0 Å². The van der Waals surface area contributed by atoms with Crippen molar-refractivity contribution in [2.45, 2.75) is 63.3 Å². The molecule has 3 atom stereocenters. The van der Waals surface area contributed by atoms with Gasteiger partial charge in [0.1, 0.15) is 5.75 Å². The summed E-state index contributed by atoms with van der Waals surface area (Å²) < 4.78 is 38.3. The third kappa shape index (κ3) is 6.85. The predicted octanol–water partition coefficient (Wildman–Crippen LogP) is 7.12. The van der Waals surface area contributed by atoms with Crippen molar-refractivity contribution in [1.82, 2.24) is 14.7 Å². The monoisotopic (exact) mass is 735 g/mol. The van der Waals surface area contributed by atoms with E-state index in [1.807, 2.05) is 6.07 Å². The third-order valence-electron chi connectivity index (χ3n) is 12.0. The van der Waals surface area contributed by atoms with Crippen LogP contribution in [0.4, 0.5) is 0 Å². The zero-order chi connectivity index (χ0) is 37.5. The van der Waals surface area contributed by atoms with Gasteiger partial charge in [-0.2, -0.15) is 0 Å². The van der Waals surface area contributed by atoms with Crippen LogP contribution in [0.25, 0.3) is 0 Å². The van der Waals surface area contributed by atoms with Crippen molar-refractivity contribution in [3.63, 3.8) is 0 Å². The number of hydrogen-bond acceptors (Lipinski definition) is 10.